The van der Waals surface area contributed by atoms with E-state index in [4.69, 9.17) is 28.2 Å². The summed E-state index contributed by atoms with van der Waals surface area (Å²) in [4.78, 5) is 14.7. The minimum Gasteiger partial charge on any atom is -0.353 e. The minimum absolute atomic E-state index is 0.164. The highest BCUT2D eigenvalue weighted by Crippen LogP contribution is 2.32. The van der Waals surface area contributed by atoms with Gasteiger partial charge in [-0.1, -0.05) is 59.6 Å². The first-order valence-corrected chi connectivity index (χ1v) is 14.9. The Morgan fingerprint density at radius 3 is 2.08 bits per heavy atom. The first-order valence-electron chi connectivity index (χ1n) is 14.1. The third-order valence-corrected chi connectivity index (χ3v) is 8.42. The van der Waals surface area contributed by atoms with Crippen molar-refractivity contribution in [2.75, 3.05) is 71.9 Å². The highest BCUT2D eigenvalue weighted by atomic mass is 35.5. The number of nitrogens with zero attached hydrogens (tertiary/aromatic N) is 5. The Balaban J connectivity index is 1.27. The molecule has 8 heteroatoms. The van der Waals surface area contributed by atoms with Gasteiger partial charge in [-0.15, -0.1) is 0 Å². The van der Waals surface area contributed by atoms with Crippen molar-refractivity contribution in [1.82, 2.24) is 20.0 Å². The molecule has 2 heterocycles. The van der Waals surface area contributed by atoms with Gasteiger partial charge in [0.2, 0.25) is 0 Å². The molecule has 3 aromatic rings. The van der Waals surface area contributed by atoms with Crippen LogP contribution in [0.5, 0.6) is 0 Å². The zero-order valence-electron chi connectivity index (χ0n) is 23.7. The summed E-state index contributed by atoms with van der Waals surface area (Å²) >= 11 is 12.4. The number of hydrogen-bond acceptors (Lipinski definition) is 5. The lowest BCUT2D eigenvalue weighted by molar-refractivity contribution is 0.103. The number of amidine groups is 1. The zero-order valence-corrected chi connectivity index (χ0v) is 25.2. The molecule has 1 fully saturated rings. The number of halogens is 2. The minimum atomic E-state index is 0.164. The van der Waals surface area contributed by atoms with Crippen molar-refractivity contribution in [3.8, 4) is 0 Å². The predicted molar refractivity (Wildman–Crippen MR) is 169 cm³/mol. The molecule has 0 aromatic heterocycles. The molecule has 0 bridgehead atoms. The van der Waals surface area contributed by atoms with Crippen LogP contribution < -0.4 is 10.2 Å². The summed E-state index contributed by atoms with van der Waals surface area (Å²) in [5.74, 6) is 1.02. The largest absolute Gasteiger partial charge is 0.353 e. The van der Waals surface area contributed by atoms with E-state index in [1.165, 1.54) is 22.4 Å². The first-order chi connectivity index (χ1) is 19.4. The molecule has 1 atom stereocenters. The van der Waals surface area contributed by atoms with Gasteiger partial charge in [0.25, 0.3) is 0 Å². The third-order valence-electron chi connectivity index (χ3n) is 7.92. The van der Waals surface area contributed by atoms with Crippen molar-refractivity contribution in [3.63, 3.8) is 0 Å². The zero-order chi connectivity index (χ0) is 28.1. The van der Waals surface area contributed by atoms with Crippen molar-refractivity contribution >= 4 is 34.7 Å². The van der Waals surface area contributed by atoms with E-state index < -0.39 is 0 Å². The molecule has 0 amide bonds. The number of rotatable bonds is 9. The van der Waals surface area contributed by atoms with Crippen molar-refractivity contribution in [2.45, 2.75) is 18.6 Å². The van der Waals surface area contributed by atoms with Crippen LogP contribution in [-0.4, -0.2) is 93.7 Å². The van der Waals surface area contributed by atoms with E-state index in [-0.39, 0.29) is 12.2 Å². The van der Waals surface area contributed by atoms with E-state index >= 15 is 0 Å². The van der Waals surface area contributed by atoms with Gasteiger partial charge in [-0.05, 0) is 74.6 Å². The Morgan fingerprint density at radius 1 is 0.875 bits per heavy atom. The smallest absolute Gasteiger partial charge is 0.132 e. The summed E-state index contributed by atoms with van der Waals surface area (Å²) in [5.41, 5.74) is 4.92. The topological polar surface area (TPSA) is 37.4 Å². The average Bonchev–Trinajstić information content (AvgIpc) is 2.96. The third kappa shape index (κ3) is 6.99. The molecular weight excluding hydrogens is 539 g/mol. The van der Waals surface area contributed by atoms with Crippen LogP contribution in [0.2, 0.25) is 10.0 Å². The number of aliphatic imine (C=N–C) groups is 1. The van der Waals surface area contributed by atoms with Crippen molar-refractivity contribution in [1.29, 1.82) is 0 Å². The maximum Gasteiger partial charge on any atom is 0.132 e. The molecule has 1 saturated heterocycles. The van der Waals surface area contributed by atoms with Crippen LogP contribution >= 0.6 is 23.2 Å². The molecule has 6 nitrogen and oxygen atoms in total. The quantitative estimate of drug-likeness (QED) is 0.341. The van der Waals surface area contributed by atoms with E-state index in [1.54, 1.807) is 0 Å². The number of fused-ring (bicyclic) bond motifs is 1. The van der Waals surface area contributed by atoms with Gasteiger partial charge in [0.1, 0.15) is 12.0 Å². The maximum atomic E-state index is 6.22. The van der Waals surface area contributed by atoms with Crippen molar-refractivity contribution in [3.05, 3.63) is 99.5 Å². The standard InChI is InChI=1S/C32H40Cl2N6/c1-37(2)18-6-17-35-32-28-7-4-5-8-29(28)38(3)30(36-32)23-39-19-21-40(22-20-39)31(24-9-13-26(33)14-10-24)25-11-15-27(34)16-12-25/h4-5,7-16,30-31H,6,17-23H2,1-3H3,(H,35,36). The van der Waals surface area contributed by atoms with Crippen LogP contribution in [0.15, 0.2) is 77.8 Å². The molecule has 3 aromatic carbocycles. The van der Waals surface area contributed by atoms with Gasteiger partial charge in [-0.3, -0.25) is 14.8 Å². The number of likely N-dealkylation sites (N-methyl/N-ethyl adjacent to an activating group) is 1. The molecule has 1 N–H and O–H groups in total. The molecule has 2 aliphatic rings. The molecule has 5 rings (SSSR count). The van der Waals surface area contributed by atoms with Crippen LogP contribution in [0.4, 0.5) is 5.69 Å². The van der Waals surface area contributed by atoms with Crippen LogP contribution in [0.1, 0.15) is 29.2 Å². The van der Waals surface area contributed by atoms with Gasteiger partial charge in [-0.2, -0.15) is 0 Å². The second-order valence-electron chi connectivity index (χ2n) is 11.0. The molecular formula is C32H40Cl2N6. The Morgan fingerprint density at radius 2 is 1.48 bits per heavy atom. The molecule has 0 spiro atoms. The van der Waals surface area contributed by atoms with Crippen LogP contribution in [-0.2, 0) is 0 Å². The Bertz CT molecular complexity index is 1220. The normalized spacial score (nSPS) is 19.3. The second kappa shape index (κ2) is 13.4. The lowest BCUT2D eigenvalue weighted by Crippen LogP contribution is -2.59. The molecule has 0 aliphatic carbocycles. The van der Waals surface area contributed by atoms with Crippen LogP contribution in [0.25, 0.3) is 0 Å². The van der Waals surface area contributed by atoms with E-state index in [0.29, 0.717) is 0 Å². The number of hydrogen-bond donors (Lipinski definition) is 1. The molecule has 212 valence electrons. The van der Waals surface area contributed by atoms with E-state index in [0.717, 1.165) is 68.1 Å². The molecule has 1 unspecified atom stereocenters. The first kappa shape index (κ1) is 28.9. The Hall–Kier alpha value is -2.61. The highest BCUT2D eigenvalue weighted by molar-refractivity contribution is 6.30. The lowest BCUT2D eigenvalue weighted by Gasteiger charge is -2.44. The van der Waals surface area contributed by atoms with E-state index in [1.807, 2.05) is 24.3 Å². The summed E-state index contributed by atoms with van der Waals surface area (Å²) in [7, 11) is 6.41. The fourth-order valence-corrected chi connectivity index (χ4v) is 5.96. The summed E-state index contributed by atoms with van der Waals surface area (Å²) in [6, 6.07) is 25.3. The number of benzene rings is 3. The maximum absolute atomic E-state index is 6.22. The van der Waals surface area contributed by atoms with Gasteiger partial charge >= 0.3 is 0 Å². The number of piperazine rings is 1. The fraction of sp³-hybridized carbons (Fsp3) is 0.406. The Kier molecular flexibility index (Phi) is 9.66. The molecule has 2 aliphatic heterocycles. The van der Waals surface area contributed by atoms with E-state index in [9.17, 15) is 0 Å². The lowest BCUT2D eigenvalue weighted by atomic mass is 9.96. The summed E-state index contributed by atoms with van der Waals surface area (Å²) in [6.07, 6.45) is 1.21. The SMILES string of the molecule is CN(C)CCCN=C1NC(CN2CCN(C(c3ccc(Cl)cc3)c3ccc(Cl)cc3)CC2)N(C)c2ccccc21. The monoisotopic (exact) mass is 578 g/mol. The fourth-order valence-electron chi connectivity index (χ4n) is 5.71. The predicted octanol–water partition coefficient (Wildman–Crippen LogP) is 5.46. The number of para-hydroxylation sites is 1. The number of anilines is 1. The highest BCUT2D eigenvalue weighted by Gasteiger charge is 2.31. The van der Waals surface area contributed by atoms with Gasteiger partial charge in [0, 0.05) is 67.6 Å². The number of nitrogens with one attached hydrogen (secondary N) is 1. The van der Waals surface area contributed by atoms with Gasteiger partial charge < -0.3 is 15.1 Å². The van der Waals surface area contributed by atoms with Crippen molar-refractivity contribution in [2.24, 2.45) is 4.99 Å². The summed E-state index contributed by atoms with van der Waals surface area (Å²) in [6.45, 7) is 6.76. The Labute approximate surface area is 249 Å². The van der Waals surface area contributed by atoms with E-state index in [2.05, 4.69) is 94.6 Å². The van der Waals surface area contributed by atoms with Crippen molar-refractivity contribution < 1.29 is 0 Å². The average molecular weight is 580 g/mol. The molecule has 0 radical (unpaired) electrons. The van der Waals surface area contributed by atoms with Gasteiger partial charge in [-0.25, -0.2) is 0 Å². The van der Waals surface area contributed by atoms with Gasteiger partial charge in [0.15, 0.2) is 0 Å². The summed E-state index contributed by atoms with van der Waals surface area (Å²) < 4.78 is 0. The summed E-state index contributed by atoms with van der Waals surface area (Å²) in [5, 5.41) is 5.29. The van der Waals surface area contributed by atoms with Crippen LogP contribution in [0, 0.1) is 0 Å². The van der Waals surface area contributed by atoms with Crippen LogP contribution in [0.3, 0.4) is 0 Å². The van der Waals surface area contributed by atoms with Gasteiger partial charge in [0.05, 0.1) is 6.04 Å². The second-order valence-corrected chi connectivity index (χ2v) is 11.9. The molecule has 40 heavy (non-hydrogen) atoms. The molecule has 0 saturated carbocycles.